The van der Waals surface area contributed by atoms with Crippen molar-refractivity contribution in [1.82, 2.24) is 4.98 Å². The van der Waals surface area contributed by atoms with Gasteiger partial charge in [0.05, 0.1) is 19.3 Å². The van der Waals surface area contributed by atoms with Crippen molar-refractivity contribution < 1.29 is 14.6 Å². The van der Waals surface area contributed by atoms with Crippen LogP contribution in [0.4, 0.5) is 0 Å². The predicted molar refractivity (Wildman–Crippen MR) is 159 cm³/mol. The summed E-state index contributed by atoms with van der Waals surface area (Å²) >= 11 is 0. The van der Waals surface area contributed by atoms with Gasteiger partial charge in [0, 0.05) is 36.6 Å². The number of benzene rings is 1. The van der Waals surface area contributed by atoms with Gasteiger partial charge in [-0.05, 0) is 90.5 Å². The van der Waals surface area contributed by atoms with E-state index in [0.29, 0.717) is 23.7 Å². The van der Waals surface area contributed by atoms with E-state index in [9.17, 15) is 5.11 Å². The van der Waals surface area contributed by atoms with Gasteiger partial charge in [0.2, 0.25) is 0 Å². The van der Waals surface area contributed by atoms with Crippen LogP contribution in [0, 0.1) is 28.6 Å². The topological polar surface area (TPSA) is 51.6 Å². The normalized spacial score (nSPS) is 36.4. The second-order valence-electron chi connectivity index (χ2n) is 14.5. The number of hydrogen-bond donors (Lipinski definition) is 1. The van der Waals surface area contributed by atoms with Gasteiger partial charge in [-0.1, -0.05) is 68.3 Å². The summed E-state index contributed by atoms with van der Waals surface area (Å²) < 4.78 is 13.0. The van der Waals surface area contributed by atoms with Gasteiger partial charge in [-0.2, -0.15) is 0 Å². The van der Waals surface area contributed by atoms with Crippen molar-refractivity contribution >= 4 is 12.2 Å². The third-order valence-electron chi connectivity index (χ3n) is 11.3. The zero-order chi connectivity index (χ0) is 27.5. The fraction of sp³-hybridized carbons (Fsp3) is 0.583. The van der Waals surface area contributed by atoms with Crippen LogP contribution in [0.25, 0.3) is 12.2 Å². The number of fused-ring (bicyclic) bond motifs is 4. The third-order valence-corrected chi connectivity index (χ3v) is 11.3. The zero-order valence-corrected chi connectivity index (χ0v) is 24.4. The van der Waals surface area contributed by atoms with E-state index in [1.54, 1.807) is 11.1 Å². The number of rotatable bonds is 3. The van der Waals surface area contributed by atoms with Crippen LogP contribution in [0.15, 0.2) is 59.9 Å². The Morgan fingerprint density at radius 1 is 0.850 bits per heavy atom. The lowest BCUT2D eigenvalue weighted by molar-refractivity contribution is -0.312. The zero-order valence-electron chi connectivity index (χ0n) is 24.4. The number of aliphatic hydroxyl groups excluding tert-OH is 1. The second kappa shape index (κ2) is 9.93. The molecular weight excluding hydrogens is 494 g/mol. The average Bonchev–Trinajstić information content (AvgIpc) is 3.27. The van der Waals surface area contributed by atoms with Crippen molar-refractivity contribution in [3.63, 3.8) is 0 Å². The average molecular weight is 540 g/mol. The molecule has 4 fully saturated rings. The molecule has 1 saturated heterocycles. The van der Waals surface area contributed by atoms with Crippen LogP contribution < -0.4 is 0 Å². The van der Waals surface area contributed by atoms with Crippen LogP contribution in [-0.2, 0) is 9.47 Å². The number of aromatic nitrogens is 1. The summed E-state index contributed by atoms with van der Waals surface area (Å²) in [6.07, 6.45) is 16.5. The van der Waals surface area contributed by atoms with Crippen LogP contribution >= 0.6 is 0 Å². The molecule has 1 aromatic heterocycles. The van der Waals surface area contributed by atoms with Gasteiger partial charge in [-0.25, -0.2) is 0 Å². The summed E-state index contributed by atoms with van der Waals surface area (Å²) in [6.45, 7) is 8.44. The molecule has 0 bridgehead atoms. The Hall–Kier alpha value is -2.27. The van der Waals surface area contributed by atoms with Gasteiger partial charge in [0.25, 0.3) is 0 Å². The minimum Gasteiger partial charge on any atom is -0.393 e. The van der Waals surface area contributed by atoms with Gasteiger partial charge in [0.15, 0.2) is 5.79 Å². The molecule has 4 heteroatoms. The quantitative estimate of drug-likeness (QED) is 0.405. The number of nitrogens with zero attached hydrogens (tertiary/aromatic N) is 1. The Morgan fingerprint density at radius 2 is 1.55 bits per heavy atom. The molecule has 1 aliphatic heterocycles. The number of ether oxygens (including phenoxy) is 2. The van der Waals surface area contributed by atoms with E-state index in [1.807, 2.05) is 24.5 Å². The summed E-state index contributed by atoms with van der Waals surface area (Å²) in [7, 11) is 0. The molecule has 2 aromatic rings. The highest BCUT2D eigenvalue weighted by atomic mass is 16.7. The largest absolute Gasteiger partial charge is 0.393 e. The summed E-state index contributed by atoms with van der Waals surface area (Å²) in [4.78, 5) is 4.12. The highest BCUT2D eigenvalue weighted by molar-refractivity contribution is 5.69. The number of hydrogen-bond acceptors (Lipinski definition) is 4. The number of allylic oxidation sites excluding steroid dienone is 2. The van der Waals surface area contributed by atoms with Crippen molar-refractivity contribution in [2.75, 3.05) is 13.2 Å². The molecule has 5 aliphatic rings. The van der Waals surface area contributed by atoms with E-state index in [1.165, 1.54) is 30.4 Å². The molecule has 1 aromatic carbocycles. The Kier molecular flexibility index (Phi) is 6.61. The fourth-order valence-corrected chi connectivity index (χ4v) is 9.01. The molecule has 3 saturated carbocycles. The Balaban J connectivity index is 1.21. The summed E-state index contributed by atoms with van der Waals surface area (Å²) in [5.74, 6) is 1.75. The molecule has 4 nitrogen and oxygen atoms in total. The van der Waals surface area contributed by atoms with Crippen LogP contribution in [0.2, 0.25) is 0 Å². The first-order valence-corrected chi connectivity index (χ1v) is 15.6. The maximum Gasteiger partial charge on any atom is 0.169 e. The first kappa shape index (κ1) is 26.6. The molecule has 0 amide bonds. The molecule has 1 N–H and O–H groups in total. The molecular formula is C36H45NO3. The lowest BCUT2D eigenvalue weighted by Gasteiger charge is -2.55. The van der Waals surface area contributed by atoms with Crippen LogP contribution in [0.1, 0.15) is 94.7 Å². The Morgan fingerprint density at radius 3 is 2.27 bits per heavy atom. The standard InChI is InChI=1S/C36H45NO3/c1-34(2)22-39-36(40-23-34)17-14-28-27(20-36)10-11-29-31-12-13-32(38)35(31,3)21-30(33(28)29)26-8-6-24(7-9-26)4-5-25-15-18-37-19-16-25/h4-9,15-16,18-19,27,29-32,38H,10-14,17,20-23H2,1-3H3/b5-4+. The van der Waals surface area contributed by atoms with E-state index >= 15 is 0 Å². The van der Waals surface area contributed by atoms with Gasteiger partial charge >= 0.3 is 0 Å². The molecule has 7 rings (SSSR count). The van der Waals surface area contributed by atoms with Crippen LogP contribution in [0.3, 0.4) is 0 Å². The summed E-state index contributed by atoms with van der Waals surface area (Å²) in [6, 6.07) is 13.3. The SMILES string of the molecule is CC1(C)COC2(CCC3=C4C(c5ccc(/C=C/c6ccncc6)cc5)CC5(C)C(O)CCC5C4CCC3C2)OC1. The molecule has 4 aliphatic carbocycles. The molecule has 2 heterocycles. The first-order valence-electron chi connectivity index (χ1n) is 15.6. The monoisotopic (exact) mass is 539 g/mol. The minimum atomic E-state index is -0.387. The third kappa shape index (κ3) is 4.61. The molecule has 6 atom stereocenters. The molecule has 6 unspecified atom stereocenters. The second-order valence-corrected chi connectivity index (χ2v) is 14.5. The highest BCUT2D eigenvalue weighted by Gasteiger charge is 2.57. The Labute approximate surface area is 239 Å². The predicted octanol–water partition coefficient (Wildman–Crippen LogP) is 7.79. The number of aliphatic hydroxyl groups is 1. The van der Waals surface area contributed by atoms with Crippen molar-refractivity contribution in [2.45, 2.75) is 89.9 Å². The van der Waals surface area contributed by atoms with Crippen molar-refractivity contribution in [3.05, 3.63) is 76.6 Å². The fourth-order valence-electron chi connectivity index (χ4n) is 9.01. The van der Waals surface area contributed by atoms with Gasteiger partial charge < -0.3 is 14.6 Å². The van der Waals surface area contributed by atoms with E-state index in [0.717, 1.165) is 50.9 Å². The molecule has 1 spiro atoms. The summed E-state index contributed by atoms with van der Waals surface area (Å²) in [5.41, 5.74) is 7.35. The highest BCUT2D eigenvalue weighted by Crippen LogP contribution is 2.65. The van der Waals surface area contributed by atoms with Crippen molar-refractivity contribution in [2.24, 2.45) is 28.6 Å². The lowest BCUT2D eigenvalue weighted by atomic mass is 9.52. The maximum absolute atomic E-state index is 11.2. The van der Waals surface area contributed by atoms with Gasteiger partial charge in [-0.15, -0.1) is 0 Å². The Bertz CT molecular complexity index is 1290. The van der Waals surface area contributed by atoms with Crippen LogP contribution in [-0.4, -0.2) is 35.2 Å². The van der Waals surface area contributed by atoms with E-state index in [-0.39, 0.29) is 22.7 Å². The smallest absolute Gasteiger partial charge is 0.169 e. The first-order chi connectivity index (χ1) is 19.3. The van der Waals surface area contributed by atoms with Gasteiger partial charge in [0.1, 0.15) is 0 Å². The molecule has 40 heavy (non-hydrogen) atoms. The van der Waals surface area contributed by atoms with E-state index < -0.39 is 0 Å². The molecule has 212 valence electrons. The van der Waals surface area contributed by atoms with Gasteiger partial charge in [-0.3, -0.25) is 4.98 Å². The molecule has 0 radical (unpaired) electrons. The van der Waals surface area contributed by atoms with Crippen molar-refractivity contribution in [3.8, 4) is 0 Å². The van der Waals surface area contributed by atoms with E-state index in [4.69, 9.17) is 9.47 Å². The van der Waals surface area contributed by atoms with Crippen LogP contribution in [0.5, 0.6) is 0 Å². The number of pyridine rings is 1. The van der Waals surface area contributed by atoms with Crippen molar-refractivity contribution in [1.29, 1.82) is 0 Å². The summed E-state index contributed by atoms with van der Waals surface area (Å²) in [5, 5.41) is 11.2. The lowest BCUT2D eigenvalue weighted by Crippen LogP contribution is -2.52. The minimum absolute atomic E-state index is 0.00319. The maximum atomic E-state index is 11.2. The van der Waals surface area contributed by atoms with E-state index in [2.05, 4.69) is 62.2 Å².